The van der Waals surface area contributed by atoms with Gasteiger partial charge in [-0.25, -0.2) is 0 Å². The topological polar surface area (TPSA) is 81.2 Å². The number of pyridine rings is 1. The molecule has 1 aromatic carbocycles. The van der Waals surface area contributed by atoms with Gasteiger partial charge >= 0.3 is 0 Å². The van der Waals surface area contributed by atoms with E-state index in [1.54, 1.807) is 12.3 Å². The van der Waals surface area contributed by atoms with Crippen molar-refractivity contribution in [3.63, 3.8) is 0 Å². The Hall–Kier alpha value is -2.58. The summed E-state index contributed by atoms with van der Waals surface area (Å²) >= 11 is 0. The summed E-state index contributed by atoms with van der Waals surface area (Å²) in [4.78, 5) is 4.21. The van der Waals surface area contributed by atoms with Crippen LogP contribution in [0.3, 0.4) is 0 Å². The molecular formula is C20H23N3O2. The molecule has 1 aromatic heterocycles. The minimum atomic E-state index is -0.0746. The number of benzene rings is 1. The van der Waals surface area contributed by atoms with Gasteiger partial charge in [0.05, 0.1) is 5.56 Å². The maximum absolute atomic E-state index is 9.51. The van der Waals surface area contributed by atoms with E-state index in [0.717, 1.165) is 23.1 Å². The summed E-state index contributed by atoms with van der Waals surface area (Å²) in [6.45, 7) is 6.62. The lowest BCUT2D eigenvalue weighted by Crippen LogP contribution is -2.29. The second-order valence-electron chi connectivity index (χ2n) is 6.88. The smallest absolute Gasteiger partial charge is 0.140 e. The first-order valence-electron chi connectivity index (χ1n) is 8.57. The lowest BCUT2D eigenvalue weighted by atomic mass is 9.94. The fraction of sp³-hybridized carbons (Fsp3) is 0.400. The lowest BCUT2D eigenvalue weighted by molar-refractivity contribution is 0.220. The van der Waals surface area contributed by atoms with Crippen LogP contribution >= 0.6 is 0 Å². The highest BCUT2D eigenvalue weighted by Gasteiger charge is 2.25. The summed E-state index contributed by atoms with van der Waals surface area (Å²) in [5, 5.41) is 9.51. The molecule has 3 rings (SSSR count). The zero-order valence-corrected chi connectivity index (χ0v) is 14.8. The summed E-state index contributed by atoms with van der Waals surface area (Å²) in [7, 11) is 0. The number of hydrogen-bond acceptors (Lipinski definition) is 5. The molecule has 0 spiro atoms. The SMILES string of the molecule is CC(C)CC(N)COc1cc2c(cc1C#N)-c1cnccc1C(C)O2. The van der Waals surface area contributed by atoms with Gasteiger partial charge in [0.25, 0.3) is 0 Å². The lowest BCUT2D eigenvalue weighted by Gasteiger charge is -2.27. The summed E-state index contributed by atoms with van der Waals surface area (Å²) in [5.74, 6) is 1.73. The summed E-state index contributed by atoms with van der Waals surface area (Å²) in [5.41, 5.74) is 9.50. The van der Waals surface area contributed by atoms with Crippen LogP contribution in [0.5, 0.6) is 11.5 Å². The van der Waals surface area contributed by atoms with Crippen molar-refractivity contribution >= 4 is 0 Å². The molecule has 0 saturated heterocycles. The molecule has 130 valence electrons. The van der Waals surface area contributed by atoms with Gasteiger partial charge in [-0.15, -0.1) is 0 Å². The van der Waals surface area contributed by atoms with Crippen LogP contribution in [0.2, 0.25) is 0 Å². The Morgan fingerprint density at radius 1 is 1.36 bits per heavy atom. The third-order valence-electron chi connectivity index (χ3n) is 4.32. The van der Waals surface area contributed by atoms with E-state index in [0.29, 0.717) is 29.6 Å². The average Bonchev–Trinajstić information content (AvgIpc) is 2.59. The van der Waals surface area contributed by atoms with Crippen LogP contribution < -0.4 is 15.2 Å². The van der Waals surface area contributed by atoms with Crippen molar-refractivity contribution < 1.29 is 9.47 Å². The van der Waals surface area contributed by atoms with Crippen LogP contribution in [-0.2, 0) is 0 Å². The van der Waals surface area contributed by atoms with Crippen LogP contribution in [0.25, 0.3) is 11.1 Å². The molecule has 0 radical (unpaired) electrons. The highest BCUT2D eigenvalue weighted by Crippen LogP contribution is 2.44. The molecule has 25 heavy (non-hydrogen) atoms. The highest BCUT2D eigenvalue weighted by molar-refractivity contribution is 5.78. The third kappa shape index (κ3) is 3.59. The van der Waals surface area contributed by atoms with Crippen LogP contribution in [0.4, 0.5) is 0 Å². The number of rotatable bonds is 5. The van der Waals surface area contributed by atoms with Gasteiger partial charge in [-0.2, -0.15) is 5.26 Å². The molecule has 0 fully saturated rings. The van der Waals surface area contributed by atoms with Crippen LogP contribution in [0.1, 0.15) is 44.4 Å². The predicted molar refractivity (Wildman–Crippen MR) is 96.4 cm³/mol. The Morgan fingerprint density at radius 2 is 2.16 bits per heavy atom. The number of hydrogen-bond donors (Lipinski definition) is 1. The molecule has 1 aliphatic rings. The van der Waals surface area contributed by atoms with Gasteiger partial charge in [0.1, 0.15) is 30.3 Å². The molecule has 0 saturated carbocycles. The molecule has 2 atom stereocenters. The zero-order valence-electron chi connectivity index (χ0n) is 14.8. The molecule has 5 nitrogen and oxygen atoms in total. The van der Waals surface area contributed by atoms with E-state index in [4.69, 9.17) is 15.2 Å². The molecule has 2 N–H and O–H groups in total. The second-order valence-corrected chi connectivity index (χ2v) is 6.88. The van der Waals surface area contributed by atoms with Crippen molar-refractivity contribution in [3.8, 4) is 28.7 Å². The van der Waals surface area contributed by atoms with Crippen molar-refractivity contribution in [2.75, 3.05) is 6.61 Å². The largest absolute Gasteiger partial charge is 0.490 e. The Labute approximate surface area is 148 Å². The fourth-order valence-electron chi connectivity index (χ4n) is 3.18. The van der Waals surface area contributed by atoms with E-state index < -0.39 is 0 Å². The molecule has 1 aliphatic heterocycles. The molecule has 2 aromatic rings. The average molecular weight is 337 g/mol. The summed E-state index contributed by atoms with van der Waals surface area (Å²) in [6, 6.07) is 7.70. The van der Waals surface area contributed by atoms with Crippen LogP contribution in [-0.4, -0.2) is 17.6 Å². The minimum Gasteiger partial charge on any atom is -0.490 e. The molecule has 2 unspecified atom stereocenters. The first-order valence-corrected chi connectivity index (χ1v) is 8.57. The van der Waals surface area contributed by atoms with E-state index in [1.807, 2.05) is 25.3 Å². The Morgan fingerprint density at radius 3 is 2.88 bits per heavy atom. The van der Waals surface area contributed by atoms with Gasteiger partial charge in [-0.3, -0.25) is 4.98 Å². The maximum Gasteiger partial charge on any atom is 0.140 e. The third-order valence-corrected chi connectivity index (χ3v) is 4.32. The highest BCUT2D eigenvalue weighted by atomic mass is 16.5. The predicted octanol–water partition coefficient (Wildman–Crippen LogP) is 3.83. The first kappa shape index (κ1) is 17.2. The number of fused-ring (bicyclic) bond motifs is 3. The Balaban J connectivity index is 1.91. The molecule has 0 bridgehead atoms. The van der Waals surface area contributed by atoms with Crippen molar-refractivity contribution in [2.45, 2.75) is 39.3 Å². The minimum absolute atomic E-state index is 0.0626. The molecule has 2 heterocycles. The van der Waals surface area contributed by atoms with Crippen LogP contribution in [0.15, 0.2) is 30.6 Å². The zero-order chi connectivity index (χ0) is 18.0. The number of ether oxygens (including phenoxy) is 2. The Kier molecular flexibility index (Phi) is 4.91. The molecular weight excluding hydrogens is 314 g/mol. The van der Waals surface area contributed by atoms with Gasteiger partial charge in [-0.1, -0.05) is 13.8 Å². The van der Waals surface area contributed by atoms with Gasteiger partial charge in [0.2, 0.25) is 0 Å². The first-order chi connectivity index (χ1) is 12.0. The monoisotopic (exact) mass is 337 g/mol. The summed E-state index contributed by atoms with van der Waals surface area (Å²) in [6.07, 6.45) is 4.37. The quantitative estimate of drug-likeness (QED) is 0.897. The molecule has 5 heteroatoms. The molecule has 0 amide bonds. The van der Waals surface area contributed by atoms with E-state index in [1.165, 1.54) is 0 Å². The number of nitriles is 1. The number of nitrogens with zero attached hydrogens (tertiary/aromatic N) is 2. The maximum atomic E-state index is 9.51. The summed E-state index contributed by atoms with van der Waals surface area (Å²) < 4.78 is 11.9. The number of nitrogens with two attached hydrogens (primary N) is 1. The Bertz CT molecular complexity index is 811. The van der Waals surface area contributed by atoms with Gasteiger partial charge in [0, 0.05) is 41.2 Å². The van der Waals surface area contributed by atoms with Crippen molar-refractivity contribution in [3.05, 3.63) is 41.7 Å². The fourth-order valence-corrected chi connectivity index (χ4v) is 3.18. The standard InChI is InChI=1S/C20H23N3O2/c1-12(2)6-15(22)11-24-19-8-20-17(7-14(19)9-21)18-10-23-5-4-16(18)13(3)25-20/h4-5,7-8,10,12-13,15H,6,11,22H2,1-3H3. The van der Waals surface area contributed by atoms with Crippen molar-refractivity contribution in [1.29, 1.82) is 5.26 Å². The molecule has 0 aliphatic carbocycles. The second kappa shape index (κ2) is 7.12. The van der Waals surface area contributed by atoms with E-state index in [2.05, 4.69) is 24.9 Å². The van der Waals surface area contributed by atoms with E-state index in [9.17, 15) is 5.26 Å². The van der Waals surface area contributed by atoms with Crippen molar-refractivity contribution in [2.24, 2.45) is 11.7 Å². The van der Waals surface area contributed by atoms with Gasteiger partial charge in [0.15, 0.2) is 0 Å². The van der Waals surface area contributed by atoms with Crippen molar-refractivity contribution in [1.82, 2.24) is 4.98 Å². The van der Waals surface area contributed by atoms with E-state index in [-0.39, 0.29) is 12.1 Å². The van der Waals surface area contributed by atoms with Crippen LogP contribution in [0, 0.1) is 17.2 Å². The van der Waals surface area contributed by atoms with Gasteiger partial charge < -0.3 is 15.2 Å². The van der Waals surface area contributed by atoms with E-state index >= 15 is 0 Å². The number of aromatic nitrogens is 1. The normalized spacial score (nSPS) is 16.4. The van der Waals surface area contributed by atoms with Gasteiger partial charge in [-0.05, 0) is 31.4 Å².